The fourth-order valence-electron chi connectivity index (χ4n) is 2.97. The number of hydrogen-bond donors (Lipinski definition) is 3. The molecule has 2 heterocycles. The van der Waals surface area contributed by atoms with E-state index in [-0.39, 0.29) is 12.5 Å². The molecule has 2 aliphatic rings. The molecule has 0 aromatic rings. The number of nitrogens with one attached hydrogen (secondary N) is 2. The summed E-state index contributed by atoms with van der Waals surface area (Å²) >= 11 is 0. The van der Waals surface area contributed by atoms with Crippen molar-refractivity contribution in [3.05, 3.63) is 11.3 Å². The predicted octanol–water partition coefficient (Wildman–Crippen LogP) is 1.47. The highest BCUT2D eigenvalue weighted by Gasteiger charge is 2.50. The molecule has 2 rings (SSSR count). The van der Waals surface area contributed by atoms with Crippen LogP contribution in [0.25, 0.3) is 0 Å². The Kier molecular flexibility index (Phi) is 4.12. The van der Waals surface area contributed by atoms with Crippen molar-refractivity contribution in [2.45, 2.75) is 52.2 Å². The third-order valence-electron chi connectivity index (χ3n) is 4.13. The molecule has 2 unspecified atom stereocenters. The number of hydrazine groups is 1. The lowest BCUT2D eigenvalue weighted by atomic mass is 9.83. The Morgan fingerprint density at radius 3 is 2.59 bits per heavy atom. The van der Waals surface area contributed by atoms with Crippen molar-refractivity contribution in [2.24, 2.45) is 5.92 Å². The van der Waals surface area contributed by atoms with Crippen LogP contribution in [0.2, 0.25) is 0 Å². The molecule has 0 aromatic heterocycles. The van der Waals surface area contributed by atoms with Gasteiger partial charge in [-0.25, -0.2) is 15.0 Å². The molecule has 22 heavy (non-hydrogen) atoms. The predicted molar refractivity (Wildman–Crippen MR) is 80.9 cm³/mol. The van der Waals surface area contributed by atoms with Gasteiger partial charge in [0.2, 0.25) is 0 Å². The lowest BCUT2D eigenvalue weighted by Crippen LogP contribution is -2.54. The highest BCUT2D eigenvalue weighted by molar-refractivity contribution is 5.85. The molecule has 2 atom stereocenters. The Bertz CT molecular complexity index is 523. The van der Waals surface area contributed by atoms with Crippen LogP contribution >= 0.6 is 0 Å². The maximum absolute atomic E-state index is 12.3. The lowest BCUT2D eigenvalue weighted by molar-refractivity contribution is -0.143. The summed E-state index contributed by atoms with van der Waals surface area (Å²) in [5.74, 6) is -0.915. The van der Waals surface area contributed by atoms with Crippen molar-refractivity contribution in [3.63, 3.8) is 0 Å². The Morgan fingerprint density at radius 1 is 1.45 bits per heavy atom. The number of carboxylic acid groups (broad SMARTS) is 1. The van der Waals surface area contributed by atoms with Crippen LogP contribution in [0.1, 0.15) is 41.0 Å². The average Bonchev–Trinajstić information content (AvgIpc) is 2.77. The van der Waals surface area contributed by atoms with E-state index < -0.39 is 23.2 Å². The molecule has 0 bridgehead atoms. The number of nitrogens with zero attached hydrogens (tertiary/aromatic N) is 1. The first-order chi connectivity index (χ1) is 10.1. The molecule has 0 saturated heterocycles. The Balaban J connectivity index is 2.27. The van der Waals surface area contributed by atoms with Crippen LogP contribution < -0.4 is 10.9 Å². The van der Waals surface area contributed by atoms with Crippen LogP contribution in [0.4, 0.5) is 4.79 Å². The molecule has 0 spiro atoms. The molecule has 0 radical (unpaired) electrons. The Labute approximate surface area is 130 Å². The van der Waals surface area contributed by atoms with Crippen LogP contribution in [-0.2, 0) is 9.53 Å². The molecule has 0 saturated carbocycles. The van der Waals surface area contributed by atoms with E-state index in [1.165, 1.54) is 0 Å². The second-order valence-electron chi connectivity index (χ2n) is 6.97. The summed E-state index contributed by atoms with van der Waals surface area (Å²) in [7, 11) is 0. The largest absolute Gasteiger partial charge is 0.480 e. The van der Waals surface area contributed by atoms with Crippen molar-refractivity contribution in [3.8, 4) is 0 Å². The van der Waals surface area contributed by atoms with Gasteiger partial charge in [0.1, 0.15) is 5.60 Å². The van der Waals surface area contributed by atoms with Gasteiger partial charge in [0.15, 0.2) is 5.54 Å². The number of rotatable bonds is 2. The number of carbonyl (C=O) groups is 2. The quantitative estimate of drug-likeness (QED) is 0.715. The Hall–Kier alpha value is -1.76. The molecule has 3 N–H and O–H groups in total. The first kappa shape index (κ1) is 16.6. The standard InChI is InChI=1S/C15H25N3O4/c1-6-15(12(19)20)10-8-18(13(21)22-14(3,4)5)7-9(2)11(10)16-17-15/h9,16-17H,6-8H2,1-5H3,(H,19,20). The summed E-state index contributed by atoms with van der Waals surface area (Å²) in [6.45, 7) is 9.99. The molecule has 0 fully saturated rings. The second-order valence-corrected chi connectivity index (χ2v) is 6.97. The SMILES string of the molecule is CCC1(C(=O)O)NNC2=C1CN(C(=O)OC(C)(C)C)CC2C. The fourth-order valence-corrected chi connectivity index (χ4v) is 2.97. The minimum Gasteiger partial charge on any atom is -0.480 e. The first-order valence-corrected chi connectivity index (χ1v) is 7.58. The average molecular weight is 311 g/mol. The maximum Gasteiger partial charge on any atom is 0.410 e. The van der Waals surface area contributed by atoms with Gasteiger partial charge in [-0.2, -0.15) is 0 Å². The number of ether oxygens (including phenoxy) is 1. The van der Waals surface area contributed by atoms with Gasteiger partial charge < -0.3 is 20.2 Å². The molecule has 2 aliphatic heterocycles. The van der Waals surface area contributed by atoms with Crippen LogP contribution in [0.15, 0.2) is 11.3 Å². The second kappa shape index (κ2) is 5.46. The van der Waals surface area contributed by atoms with Gasteiger partial charge in [-0.15, -0.1) is 0 Å². The number of hydrogen-bond acceptors (Lipinski definition) is 5. The van der Waals surface area contributed by atoms with E-state index in [9.17, 15) is 14.7 Å². The van der Waals surface area contributed by atoms with Gasteiger partial charge in [-0.1, -0.05) is 13.8 Å². The minimum atomic E-state index is -1.16. The van der Waals surface area contributed by atoms with Crippen molar-refractivity contribution in [2.75, 3.05) is 13.1 Å². The fraction of sp³-hybridized carbons (Fsp3) is 0.733. The number of carbonyl (C=O) groups excluding carboxylic acids is 1. The first-order valence-electron chi connectivity index (χ1n) is 7.58. The molecular weight excluding hydrogens is 286 g/mol. The van der Waals surface area contributed by atoms with Crippen molar-refractivity contribution >= 4 is 12.1 Å². The van der Waals surface area contributed by atoms with Crippen LogP contribution in [-0.4, -0.2) is 46.3 Å². The van der Waals surface area contributed by atoms with Gasteiger partial charge in [0.05, 0.1) is 0 Å². The maximum atomic E-state index is 12.3. The normalized spacial score (nSPS) is 28.2. The summed E-state index contributed by atoms with van der Waals surface area (Å²) in [5, 5.41) is 9.63. The van der Waals surface area contributed by atoms with E-state index in [1.54, 1.807) is 4.90 Å². The monoisotopic (exact) mass is 311 g/mol. The van der Waals surface area contributed by atoms with Gasteiger partial charge in [-0.05, 0) is 27.2 Å². The van der Waals surface area contributed by atoms with Gasteiger partial charge >= 0.3 is 12.1 Å². The van der Waals surface area contributed by atoms with E-state index in [2.05, 4.69) is 10.9 Å². The van der Waals surface area contributed by atoms with E-state index in [0.717, 1.165) is 5.70 Å². The molecular formula is C15H25N3O4. The Morgan fingerprint density at radius 2 is 2.09 bits per heavy atom. The summed E-state index contributed by atoms with van der Waals surface area (Å²) < 4.78 is 5.41. The zero-order chi connectivity index (χ0) is 16.7. The van der Waals surface area contributed by atoms with E-state index >= 15 is 0 Å². The van der Waals surface area contributed by atoms with Crippen LogP contribution in [0.3, 0.4) is 0 Å². The lowest BCUT2D eigenvalue weighted by Gasteiger charge is -2.36. The van der Waals surface area contributed by atoms with Gasteiger partial charge in [0.25, 0.3) is 0 Å². The van der Waals surface area contributed by atoms with Gasteiger partial charge in [-0.3, -0.25) is 0 Å². The molecule has 7 heteroatoms. The van der Waals surface area contributed by atoms with Crippen LogP contribution in [0.5, 0.6) is 0 Å². The highest BCUT2D eigenvalue weighted by Crippen LogP contribution is 2.35. The molecule has 124 valence electrons. The summed E-state index contributed by atoms with van der Waals surface area (Å²) in [6.07, 6.45) is -0.0172. The number of carboxylic acids is 1. The number of amides is 1. The summed E-state index contributed by atoms with van der Waals surface area (Å²) in [6, 6.07) is 0. The smallest absolute Gasteiger partial charge is 0.410 e. The molecule has 0 aliphatic carbocycles. The van der Waals surface area contributed by atoms with E-state index in [4.69, 9.17) is 4.74 Å². The zero-order valence-corrected chi connectivity index (χ0v) is 13.8. The van der Waals surface area contributed by atoms with E-state index in [1.807, 2.05) is 34.6 Å². The van der Waals surface area contributed by atoms with Crippen molar-refractivity contribution in [1.82, 2.24) is 15.8 Å². The number of aliphatic carboxylic acids is 1. The van der Waals surface area contributed by atoms with Crippen LogP contribution in [0, 0.1) is 5.92 Å². The zero-order valence-electron chi connectivity index (χ0n) is 13.8. The van der Waals surface area contributed by atoms with Crippen molar-refractivity contribution < 1.29 is 19.4 Å². The molecule has 0 aromatic carbocycles. The van der Waals surface area contributed by atoms with E-state index in [0.29, 0.717) is 18.5 Å². The molecule has 1 amide bonds. The summed E-state index contributed by atoms with van der Waals surface area (Å²) in [5.41, 5.74) is 5.76. The summed E-state index contributed by atoms with van der Waals surface area (Å²) in [4.78, 5) is 25.6. The minimum absolute atomic E-state index is 0.0246. The van der Waals surface area contributed by atoms with Gasteiger partial charge in [0, 0.05) is 30.3 Å². The van der Waals surface area contributed by atoms with Crippen molar-refractivity contribution in [1.29, 1.82) is 0 Å². The highest BCUT2D eigenvalue weighted by atomic mass is 16.6. The molecule has 7 nitrogen and oxygen atoms in total. The topological polar surface area (TPSA) is 90.9 Å². The third-order valence-corrected chi connectivity index (χ3v) is 4.13. The third kappa shape index (κ3) is 2.77.